The molecule has 5 nitrogen and oxygen atoms in total. The molecular formula is C24H27NO4. The summed E-state index contributed by atoms with van der Waals surface area (Å²) in [5.74, 6) is 1.81. The highest BCUT2D eigenvalue weighted by molar-refractivity contribution is 5.80. The van der Waals surface area contributed by atoms with Crippen molar-refractivity contribution in [3.05, 3.63) is 47.2 Å². The summed E-state index contributed by atoms with van der Waals surface area (Å²) in [4.78, 5) is 15.1. The lowest BCUT2D eigenvalue weighted by Crippen LogP contribution is -2.69. The predicted octanol–water partition coefficient (Wildman–Crippen LogP) is 3.02. The topological polar surface area (TPSA) is 48.0 Å². The van der Waals surface area contributed by atoms with Crippen LogP contribution < -0.4 is 9.47 Å². The van der Waals surface area contributed by atoms with Crippen LogP contribution >= 0.6 is 0 Å². The summed E-state index contributed by atoms with van der Waals surface area (Å²) in [5.41, 5.74) is 3.43. The van der Waals surface area contributed by atoms with E-state index in [1.807, 2.05) is 6.07 Å². The van der Waals surface area contributed by atoms with Gasteiger partial charge >= 0.3 is 0 Å². The smallest absolute Gasteiger partial charge is 0.166 e. The highest BCUT2D eigenvalue weighted by atomic mass is 16.5. The Morgan fingerprint density at radius 1 is 1.28 bits per heavy atom. The Labute approximate surface area is 171 Å². The molecule has 152 valence electrons. The maximum atomic E-state index is 12.7. The van der Waals surface area contributed by atoms with E-state index in [0.717, 1.165) is 30.8 Å². The van der Waals surface area contributed by atoms with E-state index in [4.69, 9.17) is 14.2 Å². The summed E-state index contributed by atoms with van der Waals surface area (Å²) in [7, 11) is 5.60. The first-order valence-electron chi connectivity index (χ1n) is 10.5. The van der Waals surface area contributed by atoms with Crippen molar-refractivity contribution >= 4 is 5.78 Å². The van der Waals surface area contributed by atoms with Gasteiger partial charge < -0.3 is 19.1 Å². The van der Waals surface area contributed by atoms with Crippen LogP contribution in [0.15, 0.2) is 36.1 Å². The van der Waals surface area contributed by atoms with Gasteiger partial charge in [-0.2, -0.15) is 0 Å². The molecule has 1 aromatic carbocycles. The maximum Gasteiger partial charge on any atom is 0.166 e. The third-order valence-electron chi connectivity index (χ3n) is 8.38. The normalized spacial score (nSPS) is 40.1. The fraction of sp³-hybridized carbons (Fsp3) is 0.542. The summed E-state index contributed by atoms with van der Waals surface area (Å²) >= 11 is 0. The van der Waals surface area contributed by atoms with Crippen LogP contribution in [0.25, 0.3) is 0 Å². The first kappa shape index (κ1) is 17.6. The van der Waals surface area contributed by atoms with Crippen molar-refractivity contribution in [1.29, 1.82) is 0 Å². The Bertz CT molecular complexity index is 997. The van der Waals surface area contributed by atoms with Crippen LogP contribution in [0.5, 0.6) is 11.5 Å². The van der Waals surface area contributed by atoms with Crippen molar-refractivity contribution in [2.75, 3.05) is 21.3 Å². The quantitative estimate of drug-likeness (QED) is 0.739. The summed E-state index contributed by atoms with van der Waals surface area (Å²) in [6, 6.07) is 4.54. The molecule has 1 aromatic rings. The molecule has 0 fully saturated rings. The van der Waals surface area contributed by atoms with Gasteiger partial charge in [0.1, 0.15) is 11.9 Å². The zero-order chi connectivity index (χ0) is 20.1. The zero-order valence-electron chi connectivity index (χ0n) is 17.4. The minimum absolute atomic E-state index is 0.00542. The zero-order valence-corrected chi connectivity index (χ0v) is 17.4. The third-order valence-corrected chi connectivity index (χ3v) is 8.38. The largest absolute Gasteiger partial charge is 0.493 e. The molecule has 5 heteroatoms. The van der Waals surface area contributed by atoms with E-state index in [2.05, 4.69) is 36.4 Å². The molecule has 2 unspecified atom stereocenters. The van der Waals surface area contributed by atoms with E-state index in [1.165, 1.54) is 16.7 Å². The number of carbonyl (C=O) groups is 1. The molecular weight excluding hydrogens is 366 g/mol. The van der Waals surface area contributed by atoms with Crippen LogP contribution in [0.3, 0.4) is 0 Å². The third kappa shape index (κ3) is 1.80. The van der Waals surface area contributed by atoms with E-state index in [-0.39, 0.29) is 34.7 Å². The van der Waals surface area contributed by atoms with Crippen LogP contribution in [0.4, 0.5) is 0 Å². The number of carbonyl (C=O) groups excluding carboxylic acids is 1. The Morgan fingerprint density at radius 3 is 2.83 bits per heavy atom. The number of nitrogens with zero attached hydrogens (tertiary/aromatic N) is 1. The lowest BCUT2D eigenvalue weighted by Gasteiger charge is -2.64. The number of benzene rings is 1. The van der Waals surface area contributed by atoms with Crippen molar-refractivity contribution in [2.24, 2.45) is 11.3 Å². The van der Waals surface area contributed by atoms with Crippen LogP contribution in [-0.4, -0.2) is 50.2 Å². The van der Waals surface area contributed by atoms with Gasteiger partial charge in [-0.1, -0.05) is 18.2 Å². The number of methoxy groups -OCH3 is 2. The van der Waals surface area contributed by atoms with Crippen molar-refractivity contribution in [3.63, 3.8) is 0 Å². The second-order valence-electron chi connectivity index (χ2n) is 9.35. The number of ether oxygens (including phenoxy) is 3. The molecule has 0 N–H and O–H groups in total. The second-order valence-corrected chi connectivity index (χ2v) is 9.35. The minimum atomic E-state index is -0.252. The molecule has 0 radical (unpaired) electrons. The highest BCUT2D eigenvalue weighted by Crippen LogP contribution is 2.70. The van der Waals surface area contributed by atoms with Crippen molar-refractivity contribution in [1.82, 2.24) is 4.90 Å². The van der Waals surface area contributed by atoms with Crippen molar-refractivity contribution in [3.8, 4) is 11.5 Å². The molecule has 6 rings (SSSR count). The number of likely N-dealkylation sites (N-methyl/N-ethyl adjacent to an activating group) is 1. The average molecular weight is 393 g/mol. The number of hydrogen-bond acceptors (Lipinski definition) is 5. The van der Waals surface area contributed by atoms with Crippen molar-refractivity contribution in [2.45, 2.75) is 49.9 Å². The van der Waals surface area contributed by atoms with Gasteiger partial charge in [-0.3, -0.25) is 4.79 Å². The fourth-order valence-corrected chi connectivity index (χ4v) is 7.28. The number of hydrogen-bond donors (Lipinski definition) is 0. The van der Waals surface area contributed by atoms with E-state index in [1.54, 1.807) is 21.1 Å². The first-order valence-corrected chi connectivity index (χ1v) is 10.5. The van der Waals surface area contributed by atoms with E-state index in [0.29, 0.717) is 6.04 Å². The van der Waals surface area contributed by atoms with E-state index >= 15 is 0 Å². The number of rotatable bonds is 3. The average Bonchev–Trinajstić information content (AvgIpc) is 3.03. The minimum Gasteiger partial charge on any atom is -0.493 e. The van der Waals surface area contributed by atoms with Gasteiger partial charge in [-0.15, -0.1) is 0 Å². The van der Waals surface area contributed by atoms with E-state index < -0.39 is 0 Å². The molecule has 5 aliphatic rings. The van der Waals surface area contributed by atoms with Crippen molar-refractivity contribution < 1.29 is 19.0 Å². The summed E-state index contributed by atoms with van der Waals surface area (Å²) in [6.07, 6.45) is 9.43. The molecule has 2 heterocycles. The van der Waals surface area contributed by atoms with Crippen LogP contribution in [0.1, 0.15) is 30.9 Å². The Morgan fingerprint density at radius 2 is 2.10 bits per heavy atom. The van der Waals surface area contributed by atoms with Gasteiger partial charge in [0.25, 0.3) is 0 Å². The Hall–Kier alpha value is -2.27. The Balaban J connectivity index is 1.67. The molecule has 0 amide bonds. The SMILES string of the molecule is COc1ccc2c3c1O[C@H]1CC4=CC5(C[C@H](C(C)=O)C4OC)[C@@H](C2)N(C)C=C[C@]315. The molecule has 2 aliphatic heterocycles. The molecule has 3 aliphatic carbocycles. The summed E-state index contributed by atoms with van der Waals surface area (Å²) in [6.45, 7) is 1.72. The van der Waals surface area contributed by atoms with Crippen LogP contribution in [-0.2, 0) is 21.4 Å². The Kier molecular flexibility index (Phi) is 3.30. The molecule has 6 atom stereocenters. The summed E-state index contributed by atoms with van der Waals surface area (Å²) in [5, 5.41) is 0. The monoisotopic (exact) mass is 393 g/mol. The van der Waals surface area contributed by atoms with Gasteiger partial charge in [0, 0.05) is 43.5 Å². The molecule has 4 bridgehead atoms. The summed E-state index contributed by atoms with van der Waals surface area (Å²) < 4.78 is 18.2. The lowest BCUT2D eigenvalue weighted by atomic mass is 9.42. The van der Waals surface area contributed by atoms with Crippen LogP contribution in [0.2, 0.25) is 0 Å². The standard InChI is InChI=1S/C24H27NO4/c1-13(26)16-12-23-11-15(21(16)28-4)10-19-24(23)7-8-25(2)18(23)9-14-5-6-17(27-3)22(29-19)20(14)24/h5-8,11,16,18-19,21H,9-10,12H2,1-4H3/t16-,18-,19+,21?,23?,24-/m1/s1. The van der Waals surface area contributed by atoms with Gasteiger partial charge in [0.15, 0.2) is 11.5 Å². The molecule has 2 spiro atoms. The van der Waals surface area contributed by atoms with E-state index in [9.17, 15) is 4.79 Å². The molecule has 0 saturated heterocycles. The van der Waals surface area contributed by atoms with Gasteiger partial charge in [-0.25, -0.2) is 0 Å². The first-order chi connectivity index (χ1) is 14.0. The van der Waals surface area contributed by atoms with Gasteiger partial charge in [0.2, 0.25) is 0 Å². The highest BCUT2D eigenvalue weighted by Gasteiger charge is 2.71. The molecule has 0 saturated carbocycles. The number of ketones is 1. The number of Topliss-reactive ketones (excluding diaryl/α,β-unsaturated/α-hetero) is 1. The predicted molar refractivity (Wildman–Crippen MR) is 108 cm³/mol. The fourth-order valence-electron chi connectivity index (χ4n) is 7.28. The van der Waals surface area contributed by atoms with Crippen LogP contribution in [0, 0.1) is 11.3 Å². The molecule has 0 aromatic heterocycles. The lowest BCUT2D eigenvalue weighted by molar-refractivity contribution is -0.130. The van der Waals surface area contributed by atoms with Gasteiger partial charge in [0.05, 0.1) is 18.6 Å². The van der Waals surface area contributed by atoms with Gasteiger partial charge in [-0.05, 0) is 43.2 Å². The molecule has 29 heavy (non-hydrogen) atoms. The maximum absolute atomic E-state index is 12.7. The second kappa shape index (κ2) is 5.45.